The van der Waals surface area contributed by atoms with Crippen molar-refractivity contribution in [1.82, 2.24) is 10.2 Å². The van der Waals surface area contributed by atoms with Crippen molar-refractivity contribution in [2.24, 2.45) is 0 Å². The summed E-state index contributed by atoms with van der Waals surface area (Å²) in [5.74, 6) is -2.12. The average molecular weight is 384 g/mol. The third kappa shape index (κ3) is 3.96. The SMILES string of the molecule is CCOC(=O)C[C@H](c1cn[nH]c1-c1ccccc1)c1oc(CO)cc(=O)c1O. The predicted molar refractivity (Wildman–Crippen MR) is 99.7 cm³/mol. The maximum Gasteiger partial charge on any atom is 0.306 e. The van der Waals surface area contributed by atoms with Crippen LogP contribution in [0.15, 0.2) is 51.8 Å². The molecule has 8 nitrogen and oxygen atoms in total. The number of rotatable bonds is 7. The van der Waals surface area contributed by atoms with E-state index in [2.05, 4.69) is 10.2 Å². The highest BCUT2D eigenvalue weighted by Crippen LogP contribution is 2.37. The second-order valence-electron chi connectivity index (χ2n) is 6.08. The molecule has 3 rings (SSSR count). The van der Waals surface area contributed by atoms with Crippen molar-refractivity contribution in [3.63, 3.8) is 0 Å². The van der Waals surface area contributed by atoms with Gasteiger partial charge in [0.2, 0.25) is 11.2 Å². The molecule has 146 valence electrons. The Morgan fingerprint density at radius 3 is 2.75 bits per heavy atom. The van der Waals surface area contributed by atoms with E-state index in [-0.39, 0.29) is 24.5 Å². The molecule has 1 aromatic carbocycles. The van der Waals surface area contributed by atoms with Crippen LogP contribution in [0, 0.1) is 0 Å². The normalized spacial score (nSPS) is 11.9. The summed E-state index contributed by atoms with van der Waals surface area (Å²) in [6, 6.07) is 10.3. The Labute approximate surface area is 160 Å². The van der Waals surface area contributed by atoms with Gasteiger partial charge in [-0.3, -0.25) is 14.7 Å². The van der Waals surface area contributed by atoms with Crippen LogP contribution in [0.2, 0.25) is 0 Å². The number of aromatic nitrogens is 2. The number of nitrogens with zero attached hydrogens (tertiary/aromatic N) is 1. The monoisotopic (exact) mass is 384 g/mol. The lowest BCUT2D eigenvalue weighted by Crippen LogP contribution is -2.15. The Morgan fingerprint density at radius 1 is 1.32 bits per heavy atom. The number of aromatic hydroxyl groups is 1. The first-order valence-corrected chi connectivity index (χ1v) is 8.76. The zero-order valence-corrected chi connectivity index (χ0v) is 15.2. The van der Waals surface area contributed by atoms with Crippen LogP contribution in [0.3, 0.4) is 0 Å². The number of aliphatic hydroxyl groups is 1. The van der Waals surface area contributed by atoms with Crippen molar-refractivity contribution < 1.29 is 24.2 Å². The van der Waals surface area contributed by atoms with Gasteiger partial charge in [-0.2, -0.15) is 5.10 Å². The first-order valence-electron chi connectivity index (χ1n) is 8.76. The third-order valence-electron chi connectivity index (χ3n) is 4.25. The maximum absolute atomic E-state index is 12.2. The van der Waals surface area contributed by atoms with Gasteiger partial charge < -0.3 is 19.4 Å². The Hall–Kier alpha value is -3.39. The summed E-state index contributed by atoms with van der Waals surface area (Å²) in [5, 5.41) is 26.6. The number of carbonyl (C=O) groups is 1. The minimum Gasteiger partial charge on any atom is -0.502 e. The van der Waals surface area contributed by atoms with Gasteiger partial charge in [0, 0.05) is 11.6 Å². The van der Waals surface area contributed by atoms with Crippen molar-refractivity contribution in [2.75, 3.05) is 6.61 Å². The molecule has 0 aliphatic rings. The van der Waals surface area contributed by atoms with E-state index in [1.54, 1.807) is 6.92 Å². The largest absolute Gasteiger partial charge is 0.502 e. The summed E-state index contributed by atoms with van der Waals surface area (Å²) in [4.78, 5) is 24.3. The van der Waals surface area contributed by atoms with Gasteiger partial charge in [-0.25, -0.2) is 0 Å². The molecule has 0 aliphatic heterocycles. The lowest BCUT2D eigenvalue weighted by Gasteiger charge is -2.17. The van der Waals surface area contributed by atoms with Gasteiger partial charge in [-0.15, -0.1) is 0 Å². The quantitative estimate of drug-likeness (QED) is 0.534. The van der Waals surface area contributed by atoms with Crippen LogP contribution in [0.25, 0.3) is 11.3 Å². The van der Waals surface area contributed by atoms with Crippen LogP contribution in [0.1, 0.15) is 36.3 Å². The van der Waals surface area contributed by atoms with Crippen molar-refractivity contribution in [2.45, 2.75) is 25.9 Å². The second-order valence-corrected chi connectivity index (χ2v) is 6.08. The minimum atomic E-state index is -0.841. The van der Waals surface area contributed by atoms with Crippen molar-refractivity contribution in [3.05, 3.63) is 69.9 Å². The number of aliphatic hydroxyl groups excluding tert-OH is 1. The van der Waals surface area contributed by atoms with E-state index in [0.29, 0.717) is 11.3 Å². The summed E-state index contributed by atoms with van der Waals surface area (Å²) in [6.45, 7) is 1.35. The molecule has 1 atom stereocenters. The Morgan fingerprint density at radius 2 is 2.07 bits per heavy atom. The molecule has 0 radical (unpaired) electrons. The lowest BCUT2D eigenvalue weighted by molar-refractivity contribution is -0.143. The molecular weight excluding hydrogens is 364 g/mol. The number of nitrogens with one attached hydrogen (secondary N) is 1. The van der Waals surface area contributed by atoms with E-state index >= 15 is 0 Å². The summed E-state index contributed by atoms with van der Waals surface area (Å²) in [5.41, 5.74) is 1.27. The number of benzene rings is 1. The van der Waals surface area contributed by atoms with Crippen molar-refractivity contribution in [3.8, 4) is 17.0 Å². The molecule has 3 N–H and O–H groups in total. The van der Waals surface area contributed by atoms with E-state index in [9.17, 15) is 19.8 Å². The number of hydrogen-bond acceptors (Lipinski definition) is 7. The standard InChI is InChI=1S/C20H20N2O6/c1-2-27-17(25)9-14(20-19(26)16(24)8-13(11-23)28-20)15-10-21-22-18(15)12-6-4-3-5-7-12/h3-8,10,14,23,26H,2,9,11H2,1H3,(H,21,22)/t14-/m1/s1. The topological polar surface area (TPSA) is 126 Å². The van der Waals surface area contributed by atoms with Crippen LogP contribution in [-0.2, 0) is 16.1 Å². The highest BCUT2D eigenvalue weighted by Gasteiger charge is 2.30. The Kier molecular flexibility index (Phi) is 5.90. The molecule has 2 heterocycles. The zero-order valence-electron chi connectivity index (χ0n) is 15.2. The maximum atomic E-state index is 12.2. The van der Waals surface area contributed by atoms with Crippen LogP contribution < -0.4 is 5.43 Å². The Balaban J connectivity index is 2.15. The highest BCUT2D eigenvalue weighted by atomic mass is 16.5. The van der Waals surface area contributed by atoms with Crippen LogP contribution >= 0.6 is 0 Å². The smallest absolute Gasteiger partial charge is 0.306 e. The van der Waals surface area contributed by atoms with Crippen LogP contribution in [0.5, 0.6) is 5.75 Å². The molecule has 0 saturated carbocycles. The molecule has 0 amide bonds. The summed E-state index contributed by atoms with van der Waals surface area (Å²) < 4.78 is 10.6. The van der Waals surface area contributed by atoms with E-state index in [4.69, 9.17) is 9.15 Å². The molecule has 0 fully saturated rings. The number of aromatic amines is 1. The molecule has 8 heteroatoms. The average Bonchev–Trinajstić information content (AvgIpc) is 3.19. The molecule has 0 aliphatic carbocycles. The zero-order chi connectivity index (χ0) is 20.1. The molecule has 0 saturated heterocycles. The number of H-pyrrole nitrogens is 1. The molecule has 2 aromatic heterocycles. The first-order chi connectivity index (χ1) is 13.5. The summed E-state index contributed by atoms with van der Waals surface area (Å²) in [7, 11) is 0. The fourth-order valence-electron chi connectivity index (χ4n) is 3.00. The molecule has 0 unspecified atom stereocenters. The minimum absolute atomic E-state index is 0.0172. The number of hydrogen-bond donors (Lipinski definition) is 3. The Bertz CT molecular complexity index is 1010. The van der Waals surface area contributed by atoms with Gasteiger partial charge in [0.15, 0.2) is 5.76 Å². The van der Waals surface area contributed by atoms with E-state index in [1.807, 2.05) is 30.3 Å². The molecule has 28 heavy (non-hydrogen) atoms. The fraction of sp³-hybridized carbons (Fsp3) is 0.250. The van der Waals surface area contributed by atoms with Gasteiger partial charge in [-0.1, -0.05) is 30.3 Å². The third-order valence-corrected chi connectivity index (χ3v) is 4.25. The highest BCUT2D eigenvalue weighted by molar-refractivity contribution is 5.73. The van der Waals surface area contributed by atoms with Crippen molar-refractivity contribution in [1.29, 1.82) is 0 Å². The first kappa shape index (κ1) is 19.4. The number of esters is 1. The predicted octanol–water partition coefficient (Wildman–Crippen LogP) is 2.31. The van der Waals surface area contributed by atoms with Crippen molar-refractivity contribution >= 4 is 5.97 Å². The molecule has 0 spiro atoms. The number of ether oxygens (including phenoxy) is 1. The van der Waals surface area contributed by atoms with E-state index in [0.717, 1.165) is 11.6 Å². The van der Waals surface area contributed by atoms with Gasteiger partial charge >= 0.3 is 5.97 Å². The van der Waals surface area contributed by atoms with Crippen LogP contribution in [0.4, 0.5) is 0 Å². The van der Waals surface area contributed by atoms with Gasteiger partial charge in [0.1, 0.15) is 12.4 Å². The summed E-state index contributed by atoms with van der Waals surface area (Å²) in [6.07, 6.45) is 1.33. The van der Waals surface area contributed by atoms with Crippen LogP contribution in [-0.4, -0.2) is 33.0 Å². The fourth-order valence-corrected chi connectivity index (χ4v) is 3.00. The molecular formula is C20H20N2O6. The van der Waals surface area contributed by atoms with Gasteiger partial charge in [0.05, 0.1) is 30.8 Å². The summed E-state index contributed by atoms with van der Waals surface area (Å²) >= 11 is 0. The van der Waals surface area contributed by atoms with E-state index < -0.39 is 29.7 Å². The second kappa shape index (κ2) is 8.53. The van der Waals surface area contributed by atoms with Gasteiger partial charge in [0.25, 0.3) is 0 Å². The van der Waals surface area contributed by atoms with Gasteiger partial charge in [-0.05, 0) is 12.5 Å². The number of carbonyl (C=O) groups excluding carboxylic acids is 1. The van der Waals surface area contributed by atoms with E-state index in [1.165, 1.54) is 6.20 Å². The lowest BCUT2D eigenvalue weighted by atomic mass is 9.90. The molecule has 0 bridgehead atoms. The molecule has 3 aromatic rings.